The fraction of sp³-hybridized carbons (Fsp3) is 0. The molecule has 1 rings (SSSR count). The molecule has 9 heteroatoms. The Labute approximate surface area is 88.5 Å². The molecule has 0 aliphatic heterocycles. The summed E-state index contributed by atoms with van der Waals surface area (Å²) < 4.78 is 21.6. The van der Waals surface area contributed by atoms with Gasteiger partial charge in [0.1, 0.15) is 6.07 Å². The van der Waals surface area contributed by atoms with E-state index in [2.05, 4.69) is 4.98 Å². The predicted molar refractivity (Wildman–Crippen MR) is 48.6 cm³/mol. The number of nitrogens with zero attached hydrogens (tertiary/aromatic N) is 3. The molecule has 0 amide bonds. The second-order valence-electron chi connectivity index (χ2n) is 2.32. The Morgan fingerprint density at radius 3 is 2.53 bits per heavy atom. The van der Waals surface area contributed by atoms with Crippen molar-refractivity contribution in [3.05, 3.63) is 27.9 Å². The quantitative estimate of drug-likeness (QED) is 0.433. The van der Waals surface area contributed by atoms with Crippen LogP contribution in [0.1, 0.15) is 5.69 Å². The zero-order chi connectivity index (χ0) is 11.6. The van der Waals surface area contributed by atoms with E-state index in [1.807, 2.05) is 0 Å². The van der Waals surface area contributed by atoms with Crippen LogP contribution in [0.15, 0.2) is 17.2 Å². The maximum absolute atomic E-state index is 10.8. The van der Waals surface area contributed by atoms with E-state index in [1.165, 1.54) is 6.07 Å². The molecule has 0 saturated carbocycles. The third kappa shape index (κ3) is 2.39. The van der Waals surface area contributed by atoms with E-state index in [9.17, 15) is 18.5 Å². The minimum absolute atomic E-state index is 0.568. The average Bonchev–Trinajstić information content (AvgIpc) is 2.15. The minimum Gasteiger partial charge on any atom is -0.258 e. The van der Waals surface area contributed by atoms with Crippen LogP contribution in [0.3, 0.4) is 0 Å². The van der Waals surface area contributed by atoms with E-state index in [0.717, 1.165) is 12.1 Å². The lowest BCUT2D eigenvalue weighted by molar-refractivity contribution is -0.385. The molecule has 0 unspecified atom stereocenters. The van der Waals surface area contributed by atoms with Crippen LogP contribution in [-0.2, 0) is 9.05 Å². The molecule has 0 atom stereocenters. The van der Waals surface area contributed by atoms with Crippen LogP contribution in [0, 0.1) is 21.4 Å². The predicted octanol–water partition coefficient (Wildman–Crippen LogP) is 0.789. The van der Waals surface area contributed by atoms with E-state index < -0.39 is 30.4 Å². The summed E-state index contributed by atoms with van der Waals surface area (Å²) in [6.07, 6.45) is 0. The van der Waals surface area contributed by atoms with Crippen molar-refractivity contribution < 1.29 is 13.3 Å². The minimum atomic E-state index is -4.09. The van der Waals surface area contributed by atoms with Gasteiger partial charge in [0.2, 0.25) is 5.69 Å². The lowest BCUT2D eigenvalue weighted by Crippen LogP contribution is -2.00. The molecule has 0 N–H and O–H groups in total. The lowest BCUT2D eigenvalue weighted by Gasteiger charge is -1.96. The number of hydrogen-bond acceptors (Lipinski definition) is 6. The summed E-state index contributed by atoms with van der Waals surface area (Å²) in [7, 11) is 0.859. The van der Waals surface area contributed by atoms with Gasteiger partial charge in [0, 0.05) is 16.7 Å². The molecular formula is C6H2ClN3O4S. The van der Waals surface area contributed by atoms with Crippen molar-refractivity contribution in [2.75, 3.05) is 0 Å². The molecule has 0 aliphatic rings. The summed E-state index contributed by atoms with van der Waals surface area (Å²) in [5, 5.41) is 18.3. The zero-order valence-electron chi connectivity index (χ0n) is 6.92. The summed E-state index contributed by atoms with van der Waals surface area (Å²) in [5.41, 5.74) is -1.16. The van der Waals surface area contributed by atoms with Gasteiger partial charge in [-0.2, -0.15) is 5.26 Å². The molecule has 0 fully saturated rings. The first-order valence-electron chi connectivity index (χ1n) is 3.36. The van der Waals surface area contributed by atoms with Crippen LogP contribution in [0.5, 0.6) is 0 Å². The van der Waals surface area contributed by atoms with Gasteiger partial charge < -0.3 is 0 Å². The van der Waals surface area contributed by atoms with Crippen molar-refractivity contribution in [2.24, 2.45) is 0 Å². The van der Waals surface area contributed by atoms with E-state index in [1.54, 1.807) is 0 Å². The molecule has 78 valence electrons. The van der Waals surface area contributed by atoms with Gasteiger partial charge in [0.15, 0.2) is 5.03 Å². The van der Waals surface area contributed by atoms with Crippen LogP contribution in [0.4, 0.5) is 5.69 Å². The molecule has 1 heterocycles. The number of pyridine rings is 1. The second-order valence-corrected chi connectivity index (χ2v) is 4.84. The summed E-state index contributed by atoms with van der Waals surface area (Å²) in [4.78, 5) is 12.8. The maximum Gasteiger partial charge on any atom is 0.305 e. The van der Waals surface area contributed by atoms with Crippen LogP contribution in [0.2, 0.25) is 0 Å². The third-order valence-electron chi connectivity index (χ3n) is 1.40. The summed E-state index contributed by atoms with van der Waals surface area (Å²) in [5.74, 6) is 0. The topological polar surface area (TPSA) is 114 Å². The highest BCUT2D eigenvalue weighted by atomic mass is 35.7. The van der Waals surface area contributed by atoms with Crippen LogP contribution in [0.25, 0.3) is 0 Å². The molecule has 15 heavy (non-hydrogen) atoms. The van der Waals surface area contributed by atoms with Gasteiger partial charge >= 0.3 is 5.69 Å². The van der Waals surface area contributed by atoms with E-state index in [0.29, 0.717) is 0 Å². The Bertz CT molecular complexity index is 562. The normalized spacial score (nSPS) is 10.7. The Kier molecular flexibility index (Phi) is 2.88. The number of nitriles is 1. The van der Waals surface area contributed by atoms with Crippen LogP contribution >= 0.6 is 10.7 Å². The van der Waals surface area contributed by atoms with E-state index in [-0.39, 0.29) is 0 Å². The van der Waals surface area contributed by atoms with Crippen molar-refractivity contribution in [3.8, 4) is 6.07 Å². The summed E-state index contributed by atoms with van der Waals surface area (Å²) in [6, 6.07) is 3.14. The third-order valence-corrected chi connectivity index (χ3v) is 2.60. The fourth-order valence-corrected chi connectivity index (χ4v) is 1.49. The zero-order valence-corrected chi connectivity index (χ0v) is 8.49. The van der Waals surface area contributed by atoms with Crippen molar-refractivity contribution in [2.45, 2.75) is 5.03 Å². The Morgan fingerprint density at radius 2 is 2.13 bits per heavy atom. The monoisotopic (exact) mass is 247 g/mol. The smallest absolute Gasteiger partial charge is 0.258 e. The summed E-state index contributed by atoms with van der Waals surface area (Å²) >= 11 is 0. The number of rotatable bonds is 2. The van der Waals surface area contributed by atoms with Gasteiger partial charge in [-0.3, -0.25) is 10.1 Å². The Balaban J connectivity index is 3.47. The lowest BCUT2D eigenvalue weighted by atomic mass is 10.3. The Hall–Kier alpha value is -1.72. The van der Waals surface area contributed by atoms with Crippen LogP contribution in [-0.4, -0.2) is 18.3 Å². The van der Waals surface area contributed by atoms with Crippen LogP contribution < -0.4 is 0 Å². The van der Waals surface area contributed by atoms with Gasteiger partial charge in [0.05, 0.1) is 4.92 Å². The van der Waals surface area contributed by atoms with Gasteiger partial charge in [-0.05, 0) is 6.07 Å². The van der Waals surface area contributed by atoms with Gasteiger partial charge in [-0.15, -0.1) is 0 Å². The van der Waals surface area contributed by atoms with Crippen molar-refractivity contribution in [1.82, 2.24) is 4.98 Å². The molecule has 0 saturated heterocycles. The standard InChI is InChI=1S/C6H2ClN3O4S/c7-15(13,14)6-2-1-5(10(11)12)4(3-8)9-6/h1-2H. The molecule has 0 aromatic carbocycles. The average molecular weight is 248 g/mol. The molecule has 0 bridgehead atoms. The second kappa shape index (κ2) is 3.80. The highest BCUT2D eigenvalue weighted by molar-refractivity contribution is 8.13. The largest absolute Gasteiger partial charge is 0.305 e. The number of halogens is 1. The first-order valence-corrected chi connectivity index (χ1v) is 5.67. The van der Waals surface area contributed by atoms with Crippen molar-refractivity contribution >= 4 is 25.4 Å². The number of nitro groups is 1. The molecular weight excluding hydrogens is 246 g/mol. The van der Waals surface area contributed by atoms with Crippen molar-refractivity contribution in [1.29, 1.82) is 5.26 Å². The first-order chi connectivity index (χ1) is 6.86. The van der Waals surface area contributed by atoms with Gasteiger partial charge in [-0.1, -0.05) is 0 Å². The maximum atomic E-state index is 10.8. The Morgan fingerprint density at radius 1 is 1.53 bits per heavy atom. The van der Waals surface area contributed by atoms with Crippen molar-refractivity contribution in [3.63, 3.8) is 0 Å². The first kappa shape index (κ1) is 11.4. The SMILES string of the molecule is N#Cc1nc(S(=O)(=O)Cl)ccc1[N+](=O)[O-]. The molecule has 0 radical (unpaired) electrons. The molecule has 1 aromatic rings. The highest BCUT2D eigenvalue weighted by Gasteiger charge is 2.20. The number of hydrogen-bond donors (Lipinski definition) is 0. The molecule has 7 nitrogen and oxygen atoms in total. The van der Waals surface area contributed by atoms with E-state index >= 15 is 0 Å². The van der Waals surface area contributed by atoms with Gasteiger partial charge in [-0.25, -0.2) is 13.4 Å². The molecule has 1 aromatic heterocycles. The fourth-order valence-electron chi connectivity index (χ4n) is 0.799. The van der Waals surface area contributed by atoms with Gasteiger partial charge in [0.25, 0.3) is 9.05 Å². The molecule has 0 aliphatic carbocycles. The number of aromatic nitrogens is 1. The molecule has 0 spiro atoms. The highest BCUT2D eigenvalue weighted by Crippen LogP contribution is 2.19. The summed E-state index contributed by atoms with van der Waals surface area (Å²) in [6.45, 7) is 0. The van der Waals surface area contributed by atoms with E-state index in [4.69, 9.17) is 15.9 Å².